The highest BCUT2D eigenvalue weighted by Crippen LogP contribution is 2.22. The summed E-state index contributed by atoms with van der Waals surface area (Å²) in [6, 6.07) is 9.29. The molecule has 0 spiro atoms. The van der Waals surface area contributed by atoms with Gasteiger partial charge in [-0.3, -0.25) is 5.32 Å². The zero-order valence-electron chi connectivity index (χ0n) is 13.5. The van der Waals surface area contributed by atoms with Crippen molar-refractivity contribution < 1.29 is 9.53 Å². The van der Waals surface area contributed by atoms with Gasteiger partial charge in [0.2, 0.25) is 0 Å². The molecule has 0 unspecified atom stereocenters. The van der Waals surface area contributed by atoms with Crippen LogP contribution in [0.4, 0.5) is 22.1 Å². The van der Waals surface area contributed by atoms with E-state index < -0.39 is 11.7 Å². The monoisotopic (exact) mass is 378 g/mol. The first-order chi connectivity index (χ1) is 10.7. The average Bonchev–Trinajstić information content (AvgIpc) is 2.43. The number of carbonyl (C=O) groups excluding carboxylic acids is 1. The first-order valence-electron chi connectivity index (χ1n) is 7.10. The molecule has 2 rings (SSSR count). The maximum atomic E-state index is 11.7. The Hall–Kier alpha value is -2.15. The molecule has 1 aromatic carbocycles. The Balaban J connectivity index is 1.99. The molecule has 0 bridgehead atoms. The Kier molecular flexibility index (Phi) is 5.20. The van der Waals surface area contributed by atoms with Crippen LogP contribution in [0.25, 0.3) is 0 Å². The number of nitrogens with one attached hydrogen (secondary N) is 2. The van der Waals surface area contributed by atoms with E-state index in [1.54, 1.807) is 32.9 Å². The van der Waals surface area contributed by atoms with Crippen LogP contribution in [0.15, 0.2) is 34.8 Å². The highest BCUT2D eigenvalue weighted by Gasteiger charge is 2.16. The lowest BCUT2D eigenvalue weighted by atomic mass is 10.2. The van der Waals surface area contributed by atoms with Gasteiger partial charge in [0.15, 0.2) is 11.6 Å². The van der Waals surface area contributed by atoms with Crippen molar-refractivity contribution in [1.82, 2.24) is 10.2 Å². The molecular weight excluding hydrogens is 360 g/mol. The van der Waals surface area contributed by atoms with Crippen molar-refractivity contribution in [2.24, 2.45) is 0 Å². The average molecular weight is 379 g/mol. The number of aryl methyl sites for hydroxylation is 1. The number of hydrogen-bond donors (Lipinski definition) is 2. The van der Waals surface area contributed by atoms with E-state index >= 15 is 0 Å². The number of anilines is 3. The normalized spacial score (nSPS) is 11.0. The van der Waals surface area contributed by atoms with E-state index in [2.05, 4.69) is 36.8 Å². The highest BCUT2D eigenvalue weighted by atomic mass is 79.9. The summed E-state index contributed by atoms with van der Waals surface area (Å²) in [6.07, 6.45) is -0.559. The maximum absolute atomic E-state index is 11.7. The maximum Gasteiger partial charge on any atom is 0.413 e. The number of ether oxygens (including phenoxy) is 1. The second-order valence-electron chi connectivity index (χ2n) is 6.02. The zero-order valence-corrected chi connectivity index (χ0v) is 15.1. The van der Waals surface area contributed by atoms with Crippen molar-refractivity contribution in [3.63, 3.8) is 0 Å². The molecule has 2 aromatic rings. The number of rotatable bonds is 3. The van der Waals surface area contributed by atoms with E-state index in [-0.39, 0.29) is 0 Å². The van der Waals surface area contributed by atoms with Gasteiger partial charge < -0.3 is 10.1 Å². The summed E-state index contributed by atoms with van der Waals surface area (Å²) in [4.78, 5) is 11.7. The van der Waals surface area contributed by atoms with Crippen LogP contribution >= 0.6 is 15.9 Å². The second kappa shape index (κ2) is 6.95. The molecule has 0 fully saturated rings. The summed E-state index contributed by atoms with van der Waals surface area (Å²) in [5.74, 6) is 0.915. The fourth-order valence-corrected chi connectivity index (χ4v) is 1.99. The minimum absolute atomic E-state index is 0.330. The van der Waals surface area contributed by atoms with Gasteiger partial charge in [0.1, 0.15) is 5.60 Å². The van der Waals surface area contributed by atoms with Gasteiger partial charge >= 0.3 is 6.09 Å². The third-order valence-electron chi connectivity index (χ3n) is 2.72. The minimum atomic E-state index is -0.559. The van der Waals surface area contributed by atoms with E-state index in [9.17, 15) is 4.79 Å². The third-order valence-corrected chi connectivity index (χ3v) is 3.61. The number of benzene rings is 1. The van der Waals surface area contributed by atoms with Crippen LogP contribution < -0.4 is 10.6 Å². The van der Waals surface area contributed by atoms with E-state index in [4.69, 9.17) is 4.74 Å². The molecule has 1 heterocycles. The predicted molar refractivity (Wildman–Crippen MR) is 94.1 cm³/mol. The van der Waals surface area contributed by atoms with Gasteiger partial charge in [-0.25, -0.2) is 4.79 Å². The van der Waals surface area contributed by atoms with Crippen molar-refractivity contribution in [2.75, 3.05) is 10.6 Å². The topological polar surface area (TPSA) is 76.1 Å². The van der Waals surface area contributed by atoms with Crippen molar-refractivity contribution in [3.8, 4) is 0 Å². The van der Waals surface area contributed by atoms with Gasteiger partial charge in [0.05, 0.1) is 0 Å². The molecule has 0 saturated carbocycles. The largest absolute Gasteiger partial charge is 0.444 e. The summed E-state index contributed by atoms with van der Waals surface area (Å²) < 4.78 is 6.20. The third kappa shape index (κ3) is 5.52. The van der Waals surface area contributed by atoms with Gasteiger partial charge in [-0.2, -0.15) is 0 Å². The van der Waals surface area contributed by atoms with Crippen molar-refractivity contribution in [3.05, 3.63) is 40.4 Å². The van der Waals surface area contributed by atoms with Crippen molar-refractivity contribution >= 4 is 39.3 Å². The number of nitrogens with zero attached hydrogens (tertiary/aromatic N) is 2. The molecule has 7 heteroatoms. The summed E-state index contributed by atoms with van der Waals surface area (Å²) in [5, 5.41) is 13.7. The summed E-state index contributed by atoms with van der Waals surface area (Å²) in [5.41, 5.74) is 1.47. The molecule has 6 nitrogen and oxygen atoms in total. The molecule has 0 atom stereocenters. The Morgan fingerprint density at radius 3 is 2.35 bits per heavy atom. The molecule has 1 amide bonds. The molecule has 0 radical (unpaired) electrons. The molecule has 0 saturated heterocycles. The van der Waals surface area contributed by atoms with Gasteiger partial charge in [-0.05, 0) is 63.6 Å². The minimum Gasteiger partial charge on any atom is -0.444 e. The van der Waals surface area contributed by atoms with Crippen LogP contribution in [0.3, 0.4) is 0 Å². The number of carbonyl (C=O) groups is 1. The van der Waals surface area contributed by atoms with Crippen LogP contribution in [-0.4, -0.2) is 21.9 Å². The van der Waals surface area contributed by atoms with E-state index in [1.165, 1.54) is 0 Å². The van der Waals surface area contributed by atoms with Crippen LogP contribution in [-0.2, 0) is 4.74 Å². The lowest BCUT2D eigenvalue weighted by molar-refractivity contribution is 0.0635. The lowest BCUT2D eigenvalue weighted by Crippen LogP contribution is -2.27. The second-order valence-corrected chi connectivity index (χ2v) is 6.87. The number of amides is 1. The SMILES string of the molecule is Cc1cc(Nc2ccc(NC(=O)OC(C)(C)C)nn2)ccc1Br. The quantitative estimate of drug-likeness (QED) is 0.813. The van der Waals surface area contributed by atoms with Crippen LogP contribution in [0.2, 0.25) is 0 Å². The fraction of sp³-hybridized carbons (Fsp3) is 0.312. The molecule has 1 aromatic heterocycles. The Bertz CT molecular complexity index is 696. The van der Waals surface area contributed by atoms with Crippen LogP contribution in [0.1, 0.15) is 26.3 Å². The van der Waals surface area contributed by atoms with E-state index in [1.807, 2.05) is 25.1 Å². The summed E-state index contributed by atoms with van der Waals surface area (Å²) >= 11 is 3.46. The highest BCUT2D eigenvalue weighted by molar-refractivity contribution is 9.10. The standard InChI is InChI=1S/C16H19BrN4O2/c1-10-9-11(5-6-12(10)17)18-13-7-8-14(21-20-13)19-15(22)23-16(2,3)4/h5-9H,1-4H3,(H,18,20)(H,19,21,22). The van der Waals surface area contributed by atoms with Crippen LogP contribution in [0, 0.1) is 6.92 Å². The van der Waals surface area contributed by atoms with Crippen LogP contribution in [0.5, 0.6) is 0 Å². The summed E-state index contributed by atoms with van der Waals surface area (Å²) in [6.45, 7) is 7.40. The van der Waals surface area contributed by atoms with E-state index in [0.717, 1.165) is 15.7 Å². The molecule has 0 aliphatic rings. The number of aromatic nitrogens is 2. The predicted octanol–water partition coefficient (Wildman–Crippen LogP) is 4.64. The zero-order chi connectivity index (χ0) is 17.0. The smallest absolute Gasteiger partial charge is 0.413 e. The van der Waals surface area contributed by atoms with Crippen molar-refractivity contribution in [2.45, 2.75) is 33.3 Å². The fourth-order valence-electron chi connectivity index (χ4n) is 1.74. The van der Waals surface area contributed by atoms with Crippen molar-refractivity contribution in [1.29, 1.82) is 0 Å². The first kappa shape index (κ1) is 17.2. The number of hydrogen-bond acceptors (Lipinski definition) is 5. The van der Waals surface area contributed by atoms with Gasteiger partial charge in [-0.1, -0.05) is 15.9 Å². The van der Waals surface area contributed by atoms with E-state index in [0.29, 0.717) is 11.6 Å². The molecule has 23 heavy (non-hydrogen) atoms. The van der Waals surface area contributed by atoms with Gasteiger partial charge in [-0.15, -0.1) is 10.2 Å². The van der Waals surface area contributed by atoms with Gasteiger partial charge in [0, 0.05) is 10.2 Å². The Morgan fingerprint density at radius 2 is 1.78 bits per heavy atom. The summed E-state index contributed by atoms with van der Waals surface area (Å²) in [7, 11) is 0. The lowest BCUT2D eigenvalue weighted by Gasteiger charge is -2.19. The molecule has 122 valence electrons. The van der Waals surface area contributed by atoms with Gasteiger partial charge in [0.25, 0.3) is 0 Å². The molecule has 0 aliphatic heterocycles. The molecular formula is C16H19BrN4O2. The number of halogens is 1. The molecule has 2 N–H and O–H groups in total. The Morgan fingerprint density at radius 1 is 1.13 bits per heavy atom. The first-order valence-corrected chi connectivity index (χ1v) is 7.89. The Labute approximate surface area is 143 Å². The molecule has 0 aliphatic carbocycles.